The number of nitrogens with one attached hydrogen (secondary N) is 2. The normalized spacial score (nSPS) is 18.0. The molecule has 0 bridgehead atoms. The summed E-state index contributed by atoms with van der Waals surface area (Å²) in [7, 11) is 0. The molecule has 3 heterocycles. The number of carbonyl (C=O) groups excluding carboxylic acids is 1. The average molecular weight is 315 g/mol. The number of hydrogen-bond acceptors (Lipinski definition) is 5. The van der Waals surface area contributed by atoms with E-state index in [1.54, 1.807) is 6.07 Å². The lowest BCUT2D eigenvalue weighted by atomic mass is 10.1. The van der Waals surface area contributed by atoms with Crippen LogP contribution < -0.4 is 20.3 Å². The van der Waals surface area contributed by atoms with Gasteiger partial charge in [0.25, 0.3) is 5.56 Å². The van der Waals surface area contributed by atoms with Crippen molar-refractivity contribution in [3.8, 4) is 11.5 Å². The molecule has 4 rings (SSSR count). The van der Waals surface area contributed by atoms with Crippen LogP contribution in [-0.4, -0.2) is 42.2 Å². The number of aromatic amines is 1. The van der Waals surface area contributed by atoms with Crippen molar-refractivity contribution in [2.24, 2.45) is 0 Å². The molecule has 0 spiro atoms. The Labute approximate surface area is 132 Å². The Balaban J connectivity index is 1.67. The predicted molar refractivity (Wildman–Crippen MR) is 83.6 cm³/mol. The number of rotatable bonds is 2. The van der Waals surface area contributed by atoms with Gasteiger partial charge in [-0.25, -0.2) is 0 Å². The van der Waals surface area contributed by atoms with E-state index in [2.05, 4.69) is 10.3 Å². The van der Waals surface area contributed by atoms with Crippen molar-refractivity contribution in [1.82, 2.24) is 15.2 Å². The molecule has 0 unspecified atom stereocenters. The van der Waals surface area contributed by atoms with Crippen molar-refractivity contribution in [2.75, 3.05) is 26.4 Å². The molecule has 1 fully saturated rings. The lowest BCUT2D eigenvalue weighted by Crippen LogP contribution is -2.34. The smallest absolute Gasteiger partial charge is 0.252 e. The molecule has 0 atom stereocenters. The number of ether oxygens (including phenoxy) is 2. The summed E-state index contributed by atoms with van der Waals surface area (Å²) in [5, 5.41) is 3.73. The first kappa shape index (κ1) is 14.1. The van der Waals surface area contributed by atoms with Crippen LogP contribution >= 0.6 is 0 Å². The lowest BCUT2D eigenvalue weighted by Gasteiger charge is -2.18. The molecule has 2 aliphatic heterocycles. The highest BCUT2D eigenvalue weighted by atomic mass is 16.7. The van der Waals surface area contributed by atoms with E-state index in [-0.39, 0.29) is 18.3 Å². The quantitative estimate of drug-likeness (QED) is 0.847. The van der Waals surface area contributed by atoms with Crippen molar-refractivity contribution in [3.63, 3.8) is 0 Å². The summed E-state index contributed by atoms with van der Waals surface area (Å²) in [5.41, 5.74) is 1.23. The summed E-state index contributed by atoms with van der Waals surface area (Å²) in [6, 6.07) is 5.51. The van der Waals surface area contributed by atoms with Gasteiger partial charge in [0.2, 0.25) is 12.7 Å². The second-order valence-electron chi connectivity index (χ2n) is 5.83. The molecule has 1 amide bonds. The zero-order valence-corrected chi connectivity index (χ0v) is 12.6. The van der Waals surface area contributed by atoms with Crippen LogP contribution in [0.1, 0.15) is 12.0 Å². The van der Waals surface area contributed by atoms with Gasteiger partial charge in [0.1, 0.15) is 0 Å². The Bertz CT molecular complexity index is 830. The van der Waals surface area contributed by atoms with Gasteiger partial charge in [-0.2, -0.15) is 0 Å². The van der Waals surface area contributed by atoms with Gasteiger partial charge < -0.3 is 19.8 Å². The van der Waals surface area contributed by atoms with E-state index in [0.29, 0.717) is 36.7 Å². The van der Waals surface area contributed by atoms with Crippen LogP contribution in [0.25, 0.3) is 10.9 Å². The zero-order chi connectivity index (χ0) is 15.8. The number of nitrogens with zero attached hydrogens (tertiary/aromatic N) is 1. The third-order valence-electron chi connectivity index (χ3n) is 4.15. The first-order valence-electron chi connectivity index (χ1n) is 7.64. The average Bonchev–Trinajstić information content (AvgIpc) is 2.87. The predicted octanol–water partition coefficient (Wildman–Crippen LogP) is 0.579. The molecule has 1 saturated heterocycles. The topological polar surface area (TPSA) is 83.7 Å². The summed E-state index contributed by atoms with van der Waals surface area (Å²) in [4.78, 5) is 28.8. The van der Waals surface area contributed by atoms with Crippen LogP contribution in [0.15, 0.2) is 23.0 Å². The number of amides is 1. The maximum Gasteiger partial charge on any atom is 0.252 e. The first-order valence-corrected chi connectivity index (χ1v) is 7.64. The number of fused-ring (bicyclic) bond motifs is 2. The van der Waals surface area contributed by atoms with Crippen LogP contribution in [0.4, 0.5) is 0 Å². The van der Waals surface area contributed by atoms with E-state index in [1.807, 2.05) is 17.0 Å². The lowest BCUT2D eigenvalue weighted by molar-refractivity contribution is -0.121. The molecule has 1 aromatic carbocycles. The number of aromatic nitrogens is 1. The largest absolute Gasteiger partial charge is 0.454 e. The van der Waals surface area contributed by atoms with Crippen molar-refractivity contribution < 1.29 is 14.3 Å². The minimum absolute atomic E-state index is 0.00286. The maximum absolute atomic E-state index is 12.3. The van der Waals surface area contributed by atoms with Gasteiger partial charge in [-0.1, -0.05) is 0 Å². The highest BCUT2D eigenvalue weighted by molar-refractivity contribution is 5.83. The Morgan fingerprint density at radius 1 is 1.13 bits per heavy atom. The third-order valence-corrected chi connectivity index (χ3v) is 4.15. The molecule has 2 aromatic rings. The minimum atomic E-state index is -0.138. The molecule has 2 aliphatic rings. The minimum Gasteiger partial charge on any atom is -0.454 e. The molecular formula is C16H17N3O4. The molecule has 7 heteroatoms. The Hall–Kier alpha value is -2.54. The molecule has 23 heavy (non-hydrogen) atoms. The van der Waals surface area contributed by atoms with Crippen LogP contribution in [0.3, 0.4) is 0 Å². The highest BCUT2D eigenvalue weighted by Gasteiger charge is 2.18. The van der Waals surface area contributed by atoms with E-state index in [0.717, 1.165) is 23.9 Å². The summed E-state index contributed by atoms with van der Waals surface area (Å²) in [5.74, 6) is 1.33. The van der Waals surface area contributed by atoms with Crippen LogP contribution in [-0.2, 0) is 11.3 Å². The second-order valence-corrected chi connectivity index (χ2v) is 5.83. The van der Waals surface area contributed by atoms with E-state index in [1.165, 1.54) is 0 Å². The second kappa shape index (κ2) is 5.58. The van der Waals surface area contributed by atoms with E-state index in [4.69, 9.17) is 9.47 Å². The number of H-pyrrole nitrogens is 1. The van der Waals surface area contributed by atoms with E-state index < -0.39 is 0 Å². The Kier molecular flexibility index (Phi) is 3.42. The van der Waals surface area contributed by atoms with Crippen LogP contribution in [0.5, 0.6) is 11.5 Å². The number of pyridine rings is 1. The molecular weight excluding hydrogens is 298 g/mol. The fourth-order valence-electron chi connectivity index (χ4n) is 3.00. The standard InChI is InChI=1S/C16H17N3O4/c20-15-8-19(3-1-2-17-15)7-11-4-10-5-13-14(23-9-22-13)6-12(10)18-16(11)21/h4-6H,1-3,7-9H2,(H,17,20)(H,18,21). The van der Waals surface area contributed by atoms with Crippen LogP contribution in [0.2, 0.25) is 0 Å². The van der Waals surface area contributed by atoms with Crippen molar-refractivity contribution in [3.05, 3.63) is 34.1 Å². The maximum atomic E-state index is 12.3. The van der Waals surface area contributed by atoms with Crippen molar-refractivity contribution in [2.45, 2.75) is 13.0 Å². The van der Waals surface area contributed by atoms with Crippen molar-refractivity contribution in [1.29, 1.82) is 0 Å². The first-order chi connectivity index (χ1) is 11.2. The van der Waals surface area contributed by atoms with Gasteiger partial charge in [0.15, 0.2) is 11.5 Å². The van der Waals surface area contributed by atoms with Gasteiger partial charge in [0.05, 0.1) is 12.1 Å². The fourth-order valence-corrected chi connectivity index (χ4v) is 3.00. The molecule has 120 valence electrons. The van der Waals surface area contributed by atoms with E-state index >= 15 is 0 Å². The van der Waals surface area contributed by atoms with Gasteiger partial charge in [-0.3, -0.25) is 14.5 Å². The highest BCUT2D eigenvalue weighted by Crippen LogP contribution is 2.35. The number of benzene rings is 1. The van der Waals surface area contributed by atoms with E-state index in [9.17, 15) is 9.59 Å². The summed E-state index contributed by atoms with van der Waals surface area (Å²) < 4.78 is 10.7. The SMILES string of the molecule is O=C1CN(Cc2cc3cc4c(cc3[nH]c2=O)OCO4)CCCN1. The molecule has 7 nitrogen and oxygen atoms in total. The van der Waals surface area contributed by atoms with Gasteiger partial charge in [-0.15, -0.1) is 0 Å². The summed E-state index contributed by atoms with van der Waals surface area (Å²) in [6.07, 6.45) is 0.885. The van der Waals surface area contributed by atoms with Crippen LogP contribution in [0, 0.1) is 0 Å². The molecule has 0 radical (unpaired) electrons. The fraction of sp³-hybridized carbons (Fsp3) is 0.375. The zero-order valence-electron chi connectivity index (χ0n) is 12.6. The number of carbonyl (C=O) groups is 1. The van der Waals surface area contributed by atoms with Gasteiger partial charge >= 0.3 is 0 Å². The summed E-state index contributed by atoms with van der Waals surface area (Å²) >= 11 is 0. The summed E-state index contributed by atoms with van der Waals surface area (Å²) in [6.45, 7) is 2.45. The van der Waals surface area contributed by atoms with Gasteiger partial charge in [0, 0.05) is 36.7 Å². The Morgan fingerprint density at radius 2 is 1.96 bits per heavy atom. The molecule has 1 aromatic heterocycles. The molecule has 2 N–H and O–H groups in total. The molecule has 0 saturated carbocycles. The van der Waals surface area contributed by atoms with Gasteiger partial charge in [-0.05, 0) is 18.6 Å². The van der Waals surface area contributed by atoms with Crippen molar-refractivity contribution >= 4 is 16.8 Å². The Morgan fingerprint density at radius 3 is 2.83 bits per heavy atom. The monoisotopic (exact) mass is 315 g/mol. The third kappa shape index (κ3) is 2.75. The number of hydrogen-bond donors (Lipinski definition) is 2. The molecule has 0 aliphatic carbocycles.